The molecule has 28 heavy (non-hydrogen) atoms. The quantitative estimate of drug-likeness (QED) is 0.131. The van der Waals surface area contributed by atoms with Crippen LogP contribution >= 0.6 is 0 Å². The van der Waals surface area contributed by atoms with Crippen LogP contribution in [0.4, 0.5) is 0 Å². The van der Waals surface area contributed by atoms with Gasteiger partial charge in [0, 0.05) is 0 Å². The minimum atomic E-state index is -3.34. The van der Waals surface area contributed by atoms with Gasteiger partial charge in [-0.15, -0.1) is 0 Å². The Balaban J connectivity index is 0.000000568. The van der Waals surface area contributed by atoms with E-state index in [1.54, 1.807) is 18.2 Å². The minimum Gasteiger partial charge on any atom is -0.504 e. The maximum absolute atomic E-state index is 11.9. The number of aromatic hydroxyl groups is 2. The number of ketones is 1. The van der Waals surface area contributed by atoms with Crippen LogP contribution in [-0.4, -0.2) is 49.3 Å². The topological polar surface area (TPSA) is 188 Å². The van der Waals surface area contributed by atoms with E-state index in [0.29, 0.717) is 0 Å². The molecule has 0 fully saturated rings. The number of hydrogen-bond donors (Lipinski definition) is 6. The van der Waals surface area contributed by atoms with E-state index in [-0.39, 0.29) is 5.75 Å². The van der Waals surface area contributed by atoms with Crippen molar-refractivity contribution in [3.05, 3.63) is 54.1 Å². The Labute approximate surface area is 159 Å². The van der Waals surface area contributed by atoms with Gasteiger partial charge in [-0.1, -0.05) is 24.3 Å². The Kier molecular flexibility index (Phi) is 7.63. The molecule has 150 valence electrons. The van der Waals surface area contributed by atoms with Crippen LogP contribution < -0.4 is 10.5 Å². The first-order chi connectivity index (χ1) is 13.0. The number of carboxylic acids is 1. The normalized spacial score (nSPS) is 11.6. The van der Waals surface area contributed by atoms with Gasteiger partial charge in [-0.2, -0.15) is 0 Å². The number of aliphatic hydroxyl groups is 2. The molecule has 0 heterocycles. The number of esters is 1. The maximum Gasteiger partial charge on any atom is 0.386 e. The van der Waals surface area contributed by atoms with Gasteiger partial charge in [0.2, 0.25) is 0 Å². The van der Waals surface area contributed by atoms with Gasteiger partial charge < -0.3 is 36.0 Å². The molecule has 2 aromatic rings. The molecule has 0 radical (unpaired) electrons. The van der Waals surface area contributed by atoms with Crippen molar-refractivity contribution < 1.29 is 44.7 Å². The Bertz CT molecular complexity index is 847. The molecule has 0 bridgehead atoms. The van der Waals surface area contributed by atoms with E-state index in [0.717, 1.165) is 12.1 Å². The SMILES string of the molecule is C[C@H](N)C(=O)O.O=C(Oc1ccccc1)C(=O)C(O)(O)c1cccc(O)c1O. The molecule has 0 aromatic heterocycles. The van der Waals surface area contributed by atoms with Crippen molar-refractivity contribution >= 4 is 17.7 Å². The predicted molar refractivity (Wildman–Crippen MR) is 94.3 cm³/mol. The van der Waals surface area contributed by atoms with Crippen LogP contribution in [0.1, 0.15) is 12.5 Å². The van der Waals surface area contributed by atoms with Crippen molar-refractivity contribution in [2.45, 2.75) is 18.8 Å². The number of hydrogen-bond acceptors (Lipinski definition) is 9. The average Bonchev–Trinajstić information content (AvgIpc) is 2.64. The Morgan fingerprint density at radius 3 is 2.04 bits per heavy atom. The smallest absolute Gasteiger partial charge is 0.386 e. The zero-order valence-electron chi connectivity index (χ0n) is 14.6. The number of phenols is 2. The second kappa shape index (κ2) is 9.46. The molecule has 0 aliphatic carbocycles. The third kappa shape index (κ3) is 5.77. The van der Waals surface area contributed by atoms with Crippen molar-refractivity contribution in [2.75, 3.05) is 0 Å². The molecule has 0 spiro atoms. The summed E-state index contributed by atoms with van der Waals surface area (Å²) < 4.78 is 4.70. The molecular formula is C18H19NO9. The van der Waals surface area contributed by atoms with Crippen molar-refractivity contribution in [2.24, 2.45) is 5.73 Å². The molecule has 2 rings (SSSR count). The largest absolute Gasteiger partial charge is 0.504 e. The summed E-state index contributed by atoms with van der Waals surface area (Å²) >= 11 is 0. The van der Waals surface area contributed by atoms with E-state index < -0.39 is 46.6 Å². The summed E-state index contributed by atoms with van der Waals surface area (Å²) in [5.74, 6) is -9.10. The first-order valence-electron chi connectivity index (χ1n) is 7.74. The van der Waals surface area contributed by atoms with E-state index in [1.807, 2.05) is 0 Å². The number of Topliss-reactive ketones (excluding diaryl/α,β-unsaturated/α-hetero) is 1. The lowest BCUT2D eigenvalue weighted by Crippen LogP contribution is -2.42. The lowest BCUT2D eigenvalue weighted by molar-refractivity contribution is -0.193. The van der Waals surface area contributed by atoms with Crippen LogP contribution in [0, 0.1) is 0 Å². The van der Waals surface area contributed by atoms with Gasteiger partial charge in [-0.05, 0) is 31.2 Å². The van der Waals surface area contributed by atoms with Gasteiger partial charge in [-0.3, -0.25) is 9.59 Å². The van der Waals surface area contributed by atoms with Crippen LogP contribution in [0.25, 0.3) is 0 Å². The molecule has 2 aromatic carbocycles. The zero-order valence-corrected chi connectivity index (χ0v) is 14.6. The lowest BCUT2D eigenvalue weighted by Gasteiger charge is -2.20. The number of carbonyl (C=O) groups excluding carboxylic acids is 2. The molecule has 0 saturated carbocycles. The zero-order chi connectivity index (χ0) is 21.5. The van der Waals surface area contributed by atoms with Gasteiger partial charge in [0.05, 0.1) is 5.56 Å². The Morgan fingerprint density at radius 1 is 1.00 bits per heavy atom. The molecule has 7 N–H and O–H groups in total. The summed E-state index contributed by atoms with van der Waals surface area (Å²) in [6.45, 7) is 1.42. The van der Waals surface area contributed by atoms with E-state index in [1.165, 1.54) is 25.1 Å². The van der Waals surface area contributed by atoms with Crippen LogP contribution in [0.5, 0.6) is 17.2 Å². The fourth-order valence-electron chi connectivity index (χ4n) is 1.72. The summed E-state index contributed by atoms with van der Waals surface area (Å²) in [6, 6.07) is 10.0. The van der Waals surface area contributed by atoms with Crippen molar-refractivity contribution in [3.8, 4) is 17.2 Å². The van der Waals surface area contributed by atoms with Crippen LogP contribution in [-0.2, 0) is 20.2 Å². The van der Waals surface area contributed by atoms with Crippen molar-refractivity contribution in [1.82, 2.24) is 0 Å². The van der Waals surface area contributed by atoms with Gasteiger partial charge in [0.15, 0.2) is 11.5 Å². The fourth-order valence-corrected chi connectivity index (χ4v) is 1.72. The second-order valence-corrected chi connectivity index (χ2v) is 5.50. The van der Waals surface area contributed by atoms with Gasteiger partial charge >= 0.3 is 17.7 Å². The Morgan fingerprint density at radius 2 is 1.54 bits per heavy atom. The number of nitrogens with two attached hydrogens (primary N) is 1. The number of carboxylic acid groups (broad SMARTS) is 1. The summed E-state index contributed by atoms with van der Waals surface area (Å²) in [7, 11) is 0. The Hall–Kier alpha value is -3.47. The average molecular weight is 393 g/mol. The third-order valence-electron chi connectivity index (χ3n) is 3.24. The van der Waals surface area contributed by atoms with Crippen LogP contribution in [0.15, 0.2) is 48.5 Å². The number of ether oxygens (including phenoxy) is 1. The number of aliphatic carboxylic acids is 1. The van der Waals surface area contributed by atoms with Gasteiger partial charge in [0.1, 0.15) is 11.8 Å². The van der Waals surface area contributed by atoms with Crippen LogP contribution in [0.2, 0.25) is 0 Å². The highest BCUT2D eigenvalue weighted by atomic mass is 16.6. The van der Waals surface area contributed by atoms with Crippen molar-refractivity contribution in [3.63, 3.8) is 0 Å². The summed E-state index contributed by atoms with van der Waals surface area (Å²) in [4.78, 5) is 33.1. The number of benzene rings is 2. The highest BCUT2D eigenvalue weighted by Gasteiger charge is 2.44. The van der Waals surface area contributed by atoms with Crippen LogP contribution in [0.3, 0.4) is 0 Å². The van der Waals surface area contributed by atoms with E-state index in [4.69, 9.17) is 15.6 Å². The first kappa shape index (κ1) is 22.6. The maximum atomic E-state index is 11.9. The lowest BCUT2D eigenvalue weighted by atomic mass is 10.00. The predicted octanol–water partition coefficient (Wildman–Crippen LogP) is -0.172. The molecule has 10 nitrogen and oxygen atoms in total. The first-order valence-corrected chi connectivity index (χ1v) is 7.74. The minimum absolute atomic E-state index is 0.0387. The van der Waals surface area contributed by atoms with Gasteiger partial charge in [0.25, 0.3) is 5.79 Å². The highest BCUT2D eigenvalue weighted by molar-refractivity contribution is 6.36. The number of phenolic OH excluding ortho intramolecular Hbond substituents is 2. The number of carbonyl (C=O) groups is 3. The molecule has 0 amide bonds. The summed E-state index contributed by atoms with van der Waals surface area (Å²) in [6.07, 6.45) is 0. The van der Waals surface area contributed by atoms with E-state index in [9.17, 15) is 34.8 Å². The van der Waals surface area contributed by atoms with Gasteiger partial charge in [-0.25, -0.2) is 4.79 Å². The molecule has 0 aliphatic rings. The monoisotopic (exact) mass is 393 g/mol. The molecule has 0 aliphatic heterocycles. The summed E-state index contributed by atoms with van der Waals surface area (Å²) in [5, 5.41) is 46.4. The second-order valence-electron chi connectivity index (χ2n) is 5.50. The van der Waals surface area contributed by atoms with E-state index >= 15 is 0 Å². The fraction of sp³-hybridized carbons (Fsp3) is 0.167. The number of para-hydroxylation sites is 2. The van der Waals surface area contributed by atoms with Crippen molar-refractivity contribution in [1.29, 1.82) is 0 Å². The number of rotatable bonds is 5. The summed E-state index contributed by atoms with van der Waals surface area (Å²) in [5.41, 5.74) is 4.10. The third-order valence-corrected chi connectivity index (χ3v) is 3.24. The highest BCUT2D eigenvalue weighted by Crippen LogP contribution is 2.35. The van der Waals surface area contributed by atoms with E-state index in [2.05, 4.69) is 0 Å². The molecular weight excluding hydrogens is 374 g/mol. The standard InChI is InChI=1S/C15H12O7.C3H7NO2/c16-11-8-4-7-10(12(11)17)15(20,21)13(18)14(19)22-9-5-2-1-3-6-9;1-2(4)3(5)6/h1-8,16-17,20-21H;2H,4H2,1H3,(H,5,6)/t;2-/m.0/s1. The molecule has 1 atom stereocenters. The molecule has 0 saturated heterocycles. The molecule has 0 unspecified atom stereocenters. The molecule has 10 heteroatoms.